The van der Waals surface area contributed by atoms with Crippen molar-refractivity contribution in [3.63, 3.8) is 0 Å². The summed E-state index contributed by atoms with van der Waals surface area (Å²) >= 11 is 0. The van der Waals surface area contributed by atoms with Crippen molar-refractivity contribution in [2.45, 2.75) is 6.54 Å². The Labute approximate surface area is 147 Å². The molecule has 7 heteroatoms. The Hall–Kier alpha value is -3.22. The van der Waals surface area contributed by atoms with Crippen LogP contribution >= 0.6 is 0 Å². The lowest BCUT2D eigenvalue weighted by Crippen LogP contribution is -2.29. The molecule has 0 heterocycles. The highest BCUT2D eigenvalue weighted by atomic mass is 16.5. The van der Waals surface area contributed by atoms with Gasteiger partial charge in [0.2, 0.25) is 0 Å². The van der Waals surface area contributed by atoms with Crippen molar-refractivity contribution in [3.8, 4) is 0 Å². The first kappa shape index (κ1) is 18.1. The van der Waals surface area contributed by atoms with Crippen molar-refractivity contribution < 1.29 is 14.3 Å². The minimum atomic E-state index is -0.523. The van der Waals surface area contributed by atoms with Crippen LogP contribution in [0.15, 0.2) is 48.5 Å². The van der Waals surface area contributed by atoms with Crippen molar-refractivity contribution in [1.29, 1.82) is 0 Å². The number of urea groups is 1. The molecule has 0 bridgehead atoms. The summed E-state index contributed by atoms with van der Waals surface area (Å²) < 4.78 is 4.53. The van der Waals surface area contributed by atoms with E-state index in [4.69, 9.17) is 0 Å². The third-order valence-electron chi connectivity index (χ3n) is 3.47. The van der Waals surface area contributed by atoms with Gasteiger partial charge in [0.25, 0.3) is 0 Å². The Balaban J connectivity index is 1.89. The van der Waals surface area contributed by atoms with E-state index in [2.05, 4.69) is 20.7 Å². The summed E-state index contributed by atoms with van der Waals surface area (Å²) in [5.74, 6) is 0. The molecular weight excluding hydrogens is 320 g/mol. The molecule has 132 valence electrons. The molecule has 0 atom stereocenters. The van der Waals surface area contributed by atoms with Gasteiger partial charge in [-0.05, 0) is 29.8 Å². The standard InChI is InChI=1S/C18H22N4O3/c1-22(2)16-7-5-4-6-15(16)21-17(23)19-12-13-8-10-14(11-9-13)20-18(24)25-3/h4-11H,12H2,1-3H3,(H,20,24)(H2,19,21,23). The van der Waals surface area contributed by atoms with Crippen LogP contribution in [0.25, 0.3) is 0 Å². The molecule has 2 aromatic rings. The Kier molecular flexibility index (Phi) is 6.22. The lowest BCUT2D eigenvalue weighted by Gasteiger charge is -2.18. The van der Waals surface area contributed by atoms with Gasteiger partial charge in [-0.2, -0.15) is 0 Å². The van der Waals surface area contributed by atoms with Gasteiger partial charge in [0.05, 0.1) is 18.5 Å². The first-order valence-corrected chi connectivity index (χ1v) is 7.74. The molecule has 0 saturated carbocycles. The quantitative estimate of drug-likeness (QED) is 0.779. The maximum Gasteiger partial charge on any atom is 0.411 e. The topological polar surface area (TPSA) is 82.7 Å². The fraction of sp³-hybridized carbons (Fsp3) is 0.222. The van der Waals surface area contributed by atoms with E-state index in [0.29, 0.717) is 12.2 Å². The van der Waals surface area contributed by atoms with Crippen LogP contribution in [-0.4, -0.2) is 33.3 Å². The number of carbonyl (C=O) groups excluding carboxylic acids is 2. The zero-order chi connectivity index (χ0) is 18.2. The predicted molar refractivity (Wildman–Crippen MR) is 99.1 cm³/mol. The van der Waals surface area contributed by atoms with Crippen LogP contribution in [0, 0.1) is 0 Å². The second-order valence-electron chi connectivity index (χ2n) is 5.53. The third-order valence-corrected chi connectivity index (χ3v) is 3.47. The monoisotopic (exact) mass is 342 g/mol. The van der Waals surface area contributed by atoms with Crippen LogP contribution in [0.1, 0.15) is 5.56 Å². The number of ether oxygens (including phenoxy) is 1. The van der Waals surface area contributed by atoms with Gasteiger partial charge in [-0.1, -0.05) is 24.3 Å². The summed E-state index contributed by atoms with van der Waals surface area (Å²) in [5.41, 5.74) is 3.20. The maximum absolute atomic E-state index is 12.1. The van der Waals surface area contributed by atoms with Gasteiger partial charge in [0.1, 0.15) is 0 Å². The van der Waals surface area contributed by atoms with Crippen molar-refractivity contribution in [1.82, 2.24) is 5.32 Å². The van der Waals surface area contributed by atoms with Crippen molar-refractivity contribution in [2.75, 3.05) is 36.7 Å². The van der Waals surface area contributed by atoms with Gasteiger partial charge in [0, 0.05) is 26.3 Å². The van der Waals surface area contributed by atoms with Crippen molar-refractivity contribution in [2.24, 2.45) is 0 Å². The van der Waals surface area contributed by atoms with E-state index < -0.39 is 6.09 Å². The predicted octanol–water partition coefficient (Wildman–Crippen LogP) is 3.25. The van der Waals surface area contributed by atoms with Crippen LogP contribution in [0.5, 0.6) is 0 Å². The number of hydrogen-bond donors (Lipinski definition) is 3. The highest BCUT2D eigenvalue weighted by Gasteiger charge is 2.07. The number of carbonyl (C=O) groups is 2. The van der Waals surface area contributed by atoms with E-state index in [1.807, 2.05) is 55.4 Å². The number of nitrogens with zero attached hydrogens (tertiary/aromatic N) is 1. The van der Waals surface area contributed by atoms with Gasteiger partial charge in [-0.15, -0.1) is 0 Å². The van der Waals surface area contributed by atoms with Crippen LogP contribution < -0.4 is 20.9 Å². The first-order chi connectivity index (χ1) is 12.0. The molecular formula is C18H22N4O3. The van der Waals surface area contributed by atoms with E-state index in [9.17, 15) is 9.59 Å². The van der Waals surface area contributed by atoms with Crippen LogP contribution in [0.2, 0.25) is 0 Å². The number of methoxy groups -OCH3 is 1. The molecule has 0 aliphatic carbocycles. The van der Waals surface area contributed by atoms with Gasteiger partial charge >= 0.3 is 12.1 Å². The molecule has 3 amide bonds. The van der Waals surface area contributed by atoms with E-state index in [1.54, 1.807) is 12.1 Å². The Bertz CT molecular complexity index is 729. The Morgan fingerprint density at radius 2 is 1.68 bits per heavy atom. The molecule has 0 spiro atoms. The molecule has 0 saturated heterocycles. The minimum Gasteiger partial charge on any atom is -0.453 e. The van der Waals surface area contributed by atoms with E-state index in [-0.39, 0.29) is 6.03 Å². The lowest BCUT2D eigenvalue weighted by atomic mass is 10.2. The van der Waals surface area contributed by atoms with Crippen molar-refractivity contribution in [3.05, 3.63) is 54.1 Å². The van der Waals surface area contributed by atoms with Gasteiger partial charge < -0.3 is 20.3 Å². The van der Waals surface area contributed by atoms with E-state index in [0.717, 1.165) is 16.9 Å². The normalized spacial score (nSPS) is 9.88. The summed E-state index contributed by atoms with van der Waals surface area (Å²) in [6.07, 6.45) is -0.523. The summed E-state index contributed by atoms with van der Waals surface area (Å²) in [5, 5.41) is 8.21. The second kappa shape index (κ2) is 8.58. The summed E-state index contributed by atoms with van der Waals surface area (Å²) in [6, 6.07) is 14.4. The molecule has 0 aliphatic rings. The molecule has 25 heavy (non-hydrogen) atoms. The summed E-state index contributed by atoms with van der Waals surface area (Å²) in [4.78, 5) is 25.2. The van der Waals surface area contributed by atoms with Crippen LogP contribution in [0.4, 0.5) is 26.7 Å². The van der Waals surface area contributed by atoms with Crippen LogP contribution in [0.3, 0.4) is 0 Å². The van der Waals surface area contributed by atoms with Crippen LogP contribution in [-0.2, 0) is 11.3 Å². The molecule has 2 rings (SSSR count). The number of rotatable bonds is 5. The Morgan fingerprint density at radius 3 is 2.32 bits per heavy atom. The maximum atomic E-state index is 12.1. The zero-order valence-electron chi connectivity index (χ0n) is 14.5. The minimum absolute atomic E-state index is 0.286. The molecule has 0 aromatic heterocycles. The Morgan fingerprint density at radius 1 is 1.00 bits per heavy atom. The van der Waals surface area contributed by atoms with Gasteiger partial charge in [0.15, 0.2) is 0 Å². The van der Waals surface area contributed by atoms with Gasteiger partial charge in [-0.3, -0.25) is 5.32 Å². The largest absolute Gasteiger partial charge is 0.453 e. The number of benzene rings is 2. The molecule has 0 aliphatic heterocycles. The van der Waals surface area contributed by atoms with Gasteiger partial charge in [-0.25, -0.2) is 9.59 Å². The van der Waals surface area contributed by atoms with E-state index >= 15 is 0 Å². The molecule has 0 fully saturated rings. The SMILES string of the molecule is COC(=O)Nc1ccc(CNC(=O)Nc2ccccc2N(C)C)cc1. The zero-order valence-corrected chi connectivity index (χ0v) is 14.5. The third kappa shape index (κ3) is 5.42. The smallest absolute Gasteiger partial charge is 0.411 e. The summed E-state index contributed by atoms with van der Waals surface area (Å²) in [6.45, 7) is 0.370. The number of para-hydroxylation sites is 2. The average molecular weight is 342 g/mol. The second-order valence-corrected chi connectivity index (χ2v) is 5.53. The molecule has 0 unspecified atom stereocenters. The summed E-state index contributed by atoms with van der Waals surface area (Å²) in [7, 11) is 5.14. The molecule has 0 radical (unpaired) electrons. The number of amides is 3. The number of nitrogens with one attached hydrogen (secondary N) is 3. The fourth-order valence-corrected chi connectivity index (χ4v) is 2.19. The number of anilines is 3. The average Bonchev–Trinajstić information content (AvgIpc) is 2.61. The highest BCUT2D eigenvalue weighted by molar-refractivity contribution is 5.93. The fourth-order valence-electron chi connectivity index (χ4n) is 2.19. The number of hydrogen-bond acceptors (Lipinski definition) is 4. The lowest BCUT2D eigenvalue weighted by molar-refractivity contribution is 0.187. The first-order valence-electron chi connectivity index (χ1n) is 7.74. The van der Waals surface area contributed by atoms with E-state index in [1.165, 1.54) is 7.11 Å². The molecule has 3 N–H and O–H groups in total. The molecule has 7 nitrogen and oxygen atoms in total. The highest BCUT2D eigenvalue weighted by Crippen LogP contribution is 2.23. The molecule has 2 aromatic carbocycles. The van der Waals surface area contributed by atoms with Crippen molar-refractivity contribution >= 4 is 29.2 Å².